The van der Waals surface area contributed by atoms with Gasteiger partial charge in [-0.2, -0.15) is 0 Å². The van der Waals surface area contributed by atoms with E-state index in [4.69, 9.17) is 15.2 Å². The van der Waals surface area contributed by atoms with Crippen molar-refractivity contribution in [2.75, 3.05) is 26.9 Å². The molecule has 1 saturated heterocycles. The van der Waals surface area contributed by atoms with E-state index >= 15 is 0 Å². The van der Waals surface area contributed by atoms with Crippen molar-refractivity contribution in [3.63, 3.8) is 0 Å². The number of hydrogen-bond donors (Lipinski definition) is 3. The number of carbonyl (C=O) groups excluding carboxylic acids is 2. The van der Waals surface area contributed by atoms with Gasteiger partial charge in [-0.25, -0.2) is 4.79 Å². The third-order valence-corrected chi connectivity index (χ3v) is 3.51. The SMILES string of the molecule is COc1ccc(CCNC(=O)NC2(CC(N)=O)COC2)cc1. The number of urea groups is 1. The van der Waals surface area contributed by atoms with Gasteiger partial charge in [-0.05, 0) is 24.1 Å². The largest absolute Gasteiger partial charge is 0.497 e. The monoisotopic (exact) mass is 307 g/mol. The summed E-state index contributed by atoms with van der Waals surface area (Å²) in [5.74, 6) is 0.342. The highest BCUT2D eigenvalue weighted by Gasteiger charge is 2.41. The van der Waals surface area contributed by atoms with Crippen LogP contribution in [-0.4, -0.2) is 44.3 Å². The van der Waals surface area contributed by atoms with Gasteiger partial charge in [0.15, 0.2) is 0 Å². The van der Waals surface area contributed by atoms with Crippen LogP contribution in [0.15, 0.2) is 24.3 Å². The lowest BCUT2D eigenvalue weighted by atomic mass is 9.93. The predicted octanol–water partition coefficient (Wildman–Crippen LogP) is 0.181. The molecule has 1 heterocycles. The minimum absolute atomic E-state index is 0.0822. The molecule has 1 aliphatic rings. The van der Waals surface area contributed by atoms with E-state index in [1.165, 1.54) is 0 Å². The molecule has 7 nitrogen and oxygen atoms in total. The molecule has 0 bridgehead atoms. The minimum atomic E-state index is -0.657. The lowest BCUT2D eigenvalue weighted by molar-refractivity contribution is -0.127. The van der Waals surface area contributed by atoms with Gasteiger partial charge in [-0.15, -0.1) is 0 Å². The maximum Gasteiger partial charge on any atom is 0.315 e. The van der Waals surface area contributed by atoms with E-state index < -0.39 is 11.4 Å². The van der Waals surface area contributed by atoms with Gasteiger partial charge in [0.2, 0.25) is 5.91 Å². The van der Waals surface area contributed by atoms with Crippen molar-refractivity contribution in [3.8, 4) is 5.75 Å². The molecule has 22 heavy (non-hydrogen) atoms. The van der Waals surface area contributed by atoms with Crippen molar-refractivity contribution in [1.82, 2.24) is 10.6 Å². The highest BCUT2D eigenvalue weighted by molar-refractivity contribution is 5.79. The van der Waals surface area contributed by atoms with Crippen molar-refractivity contribution in [2.24, 2.45) is 5.73 Å². The van der Waals surface area contributed by atoms with Crippen molar-refractivity contribution in [1.29, 1.82) is 0 Å². The molecule has 1 aliphatic heterocycles. The molecule has 2 rings (SSSR count). The Bertz CT molecular complexity index is 526. The fourth-order valence-electron chi connectivity index (χ4n) is 2.30. The molecule has 120 valence electrons. The molecule has 0 saturated carbocycles. The Morgan fingerprint density at radius 3 is 2.50 bits per heavy atom. The zero-order chi connectivity index (χ0) is 16.0. The first-order chi connectivity index (χ1) is 10.5. The fourth-order valence-corrected chi connectivity index (χ4v) is 2.30. The number of ether oxygens (including phenoxy) is 2. The van der Waals surface area contributed by atoms with Crippen LogP contribution < -0.4 is 21.1 Å². The molecule has 3 amide bonds. The summed E-state index contributed by atoms with van der Waals surface area (Å²) in [5.41, 5.74) is 5.63. The lowest BCUT2D eigenvalue weighted by Gasteiger charge is -2.41. The number of primary amides is 1. The van der Waals surface area contributed by atoms with Crippen molar-refractivity contribution < 1.29 is 19.1 Å². The van der Waals surface area contributed by atoms with E-state index in [0.717, 1.165) is 11.3 Å². The van der Waals surface area contributed by atoms with Crippen molar-refractivity contribution >= 4 is 11.9 Å². The van der Waals surface area contributed by atoms with E-state index in [-0.39, 0.29) is 12.5 Å². The van der Waals surface area contributed by atoms with Crippen molar-refractivity contribution in [2.45, 2.75) is 18.4 Å². The van der Waals surface area contributed by atoms with Gasteiger partial charge in [0, 0.05) is 6.54 Å². The third-order valence-electron chi connectivity index (χ3n) is 3.51. The maximum absolute atomic E-state index is 11.9. The number of benzene rings is 1. The predicted molar refractivity (Wildman–Crippen MR) is 80.6 cm³/mol. The quantitative estimate of drug-likeness (QED) is 0.668. The van der Waals surface area contributed by atoms with E-state index in [1.54, 1.807) is 7.11 Å². The molecule has 0 unspecified atom stereocenters. The Labute approximate surface area is 129 Å². The first-order valence-electron chi connectivity index (χ1n) is 7.08. The number of nitrogens with two attached hydrogens (primary N) is 1. The molecule has 7 heteroatoms. The molecular weight excluding hydrogens is 286 g/mol. The minimum Gasteiger partial charge on any atom is -0.497 e. The Kier molecular flexibility index (Phi) is 5.21. The lowest BCUT2D eigenvalue weighted by Crippen LogP contribution is -2.65. The highest BCUT2D eigenvalue weighted by Crippen LogP contribution is 2.20. The van der Waals surface area contributed by atoms with Crippen LogP contribution >= 0.6 is 0 Å². The van der Waals surface area contributed by atoms with E-state index in [2.05, 4.69) is 10.6 Å². The average Bonchev–Trinajstić information content (AvgIpc) is 2.45. The van der Waals surface area contributed by atoms with Gasteiger partial charge in [0.05, 0.1) is 32.3 Å². The Morgan fingerprint density at radius 1 is 1.32 bits per heavy atom. The van der Waals surface area contributed by atoms with Gasteiger partial charge in [0.1, 0.15) is 5.75 Å². The Morgan fingerprint density at radius 2 is 2.00 bits per heavy atom. The van der Waals surface area contributed by atoms with Crippen LogP contribution in [0.5, 0.6) is 5.75 Å². The van der Waals surface area contributed by atoms with E-state index in [1.807, 2.05) is 24.3 Å². The number of methoxy groups -OCH3 is 1. The van der Waals surface area contributed by atoms with Crippen LogP contribution in [0.4, 0.5) is 4.79 Å². The molecule has 1 aromatic carbocycles. The molecule has 1 aromatic rings. The Hall–Kier alpha value is -2.28. The molecule has 0 radical (unpaired) electrons. The second-order valence-electron chi connectivity index (χ2n) is 5.40. The first-order valence-corrected chi connectivity index (χ1v) is 7.08. The van der Waals surface area contributed by atoms with Gasteiger partial charge < -0.3 is 25.8 Å². The molecule has 4 N–H and O–H groups in total. The highest BCUT2D eigenvalue weighted by atomic mass is 16.5. The summed E-state index contributed by atoms with van der Waals surface area (Å²) in [5, 5.41) is 5.54. The smallest absolute Gasteiger partial charge is 0.315 e. The summed E-state index contributed by atoms with van der Waals surface area (Å²) in [6.07, 6.45) is 0.787. The van der Waals surface area contributed by atoms with E-state index in [0.29, 0.717) is 26.2 Å². The molecular formula is C15H21N3O4. The summed E-state index contributed by atoms with van der Waals surface area (Å²) in [6.45, 7) is 1.11. The van der Waals surface area contributed by atoms with E-state index in [9.17, 15) is 9.59 Å². The standard InChI is InChI=1S/C15H21N3O4/c1-21-12-4-2-11(3-5-12)6-7-17-14(20)18-15(8-13(16)19)9-22-10-15/h2-5H,6-10H2,1H3,(H2,16,19)(H2,17,18,20). The zero-order valence-corrected chi connectivity index (χ0v) is 12.6. The number of carbonyl (C=O) groups is 2. The Balaban J connectivity index is 1.74. The van der Waals surface area contributed by atoms with Gasteiger partial charge in [-0.3, -0.25) is 4.79 Å². The number of rotatable bonds is 7. The van der Waals surface area contributed by atoms with Gasteiger partial charge in [0.25, 0.3) is 0 Å². The van der Waals surface area contributed by atoms with Gasteiger partial charge >= 0.3 is 6.03 Å². The molecule has 0 spiro atoms. The summed E-state index contributed by atoms with van der Waals surface area (Å²) in [4.78, 5) is 22.9. The summed E-state index contributed by atoms with van der Waals surface area (Å²) >= 11 is 0. The average molecular weight is 307 g/mol. The number of hydrogen-bond acceptors (Lipinski definition) is 4. The van der Waals surface area contributed by atoms with Gasteiger partial charge in [-0.1, -0.05) is 12.1 Å². The van der Waals surface area contributed by atoms with Crippen LogP contribution in [-0.2, 0) is 16.0 Å². The molecule has 0 atom stereocenters. The summed E-state index contributed by atoms with van der Waals surface area (Å²) in [6, 6.07) is 7.34. The fraction of sp³-hybridized carbons (Fsp3) is 0.467. The van der Waals surface area contributed by atoms with Crippen LogP contribution in [0.25, 0.3) is 0 Å². The van der Waals surface area contributed by atoms with Crippen LogP contribution in [0, 0.1) is 0 Å². The molecule has 0 aliphatic carbocycles. The molecule has 0 aromatic heterocycles. The molecule has 1 fully saturated rings. The zero-order valence-electron chi connectivity index (χ0n) is 12.6. The van der Waals surface area contributed by atoms with Crippen LogP contribution in [0.1, 0.15) is 12.0 Å². The number of nitrogens with one attached hydrogen (secondary N) is 2. The third kappa shape index (κ3) is 4.36. The van der Waals surface area contributed by atoms with Crippen molar-refractivity contribution in [3.05, 3.63) is 29.8 Å². The maximum atomic E-state index is 11.9. The normalized spacial score (nSPS) is 15.5. The number of amides is 3. The topological polar surface area (TPSA) is 103 Å². The second-order valence-corrected chi connectivity index (χ2v) is 5.40. The first kappa shape index (κ1) is 16.1. The second kappa shape index (κ2) is 7.13. The summed E-state index contributed by atoms with van der Waals surface area (Å²) in [7, 11) is 1.62. The van der Waals surface area contributed by atoms with Crippen LogP contribution in [0.2, 0.25) is 0 Å². The van der Waals surface area contributed by atoms with Crippen LogP contribution in [0.3, 0.4) is 0 Å². The summed E-state index contributed by atoms with van der Waals surface area (Å²) < 4.78 is 10.2.